The van der Waals surface area contributed by atoms with Crippen LogP contribution in [0.5, 0.6) is 0 Å². The van der Waals surface area contributed by atoms with Crippen molar-refractivity contribution in [2.24, 2.45) is 4.99 Å². The summed E-state index contributed by atoms with van der Waals surface area (Å²) >= 11 is 5.99. The number of benzene rings is 2. The summed E-state index contributed by atoms with van der Waals surface area (Å²) in [6, 6.07) is 13.6. The largest absolute Gasteiger partial charge is 0.357 e. The van der Waals surface area contributed by atoms with E-state index in [9.17, 15) is 4.39 Å². The molecule has 0 unspecified atom stereocenters. The zero-order valence-corrected chi connectivity index (χ0v) is 18.2. The highest BCUT2D eigenvalue weighted by Crippen LogP contribution is 2.19. The molecule has 0 saturated heterocycles. The minimum Gasteiger partial charge on any atom is -0.357 e. The van der Waals surface area contributed by atoms with E-state index in [0.29, 0.717) is 42.3 Å². The Balaban J connectivity index is 0.00000280. The molecule has 0 aliphatic heterocycles. The summed E-state index contributed by atoms with van der Waals surface area (Å²) in [4.78, 5) is 8.79. The number of nitrogens with one attached hydrogen (secondary N) is 2. The van der Waals surface area contributed by atoms with Crippen LogP contribution in [0.1, 0.15) is 18.4 Å². The fourth-order valence-electron chi connectivity index (χ4n) is 2.38. The lowest BCUT2D eigenvalue weighted by molar-refractivity contribution is 0.375. The lowest BCUT2D eigenvalue weighted by atomic mass is 10.2. The highest BCUT2D eigenvalue weighted by molar-refractivity contribution is 14.0. The molecule has 28 heavy (non-hydrogen) atoms. The van der Waals surface area contributed by atoms with Gasteiger partial charge >= 0.3 is 0 Å². The van der Waals surface area contributed by atoms with E-state index in [1.807, 2.05) is 25.1 Å². The van der Waals surface area contributed by atoms with E-state index in [-0.39, 0.29) is 29.8 Å². The quantitative estimate of drug-likeness (QED) is 0.289. The second kappa shape index (κ2) is 11.0. The van der Waals surface area contributed by atoms with Crippen molar-refractivity contribution >= 4 is 41.5 Å². The van der Waals surface area contributed by atoms with Gasteiger partial charge in [-0.2, -0.15) is 4.98 Å². The average Bonchev–Trinajstić information content (AvgIpc) is 3.13. The van der Waals surface area contributed by atoms with Gasteiger partial charge in [-0.1, -0.05) is 41.0 Å². The zero-order valence-electron chi connectivity index (χ0n) is 15.2. The van der Waals surface area contributed by atoms with E-state index in [0.717, 1.165) is 11.1 Å². The molecule has 0 aliphatic carbocycles. The van der Waals surface area contributed by atoms with Crippen molar-refractivity contribution in [2.45, 2.75) is 20.0 Å². The molecule has 1 heterocycles. The summed E-state index contributed by atoms with van der Waals surface area (Å²) in [5.41, 5.74) is 1.57. The van der Waals surface area contributed by atoms with Gasteiger partial charge in [0.15, 0.2) is 5.96 Å². The topological polar surface area (TPSA) is 75.3 Å². The van der Waals surface area contributed by atoms with Crippen LogP contribution in [0.2, 0.25) is 5.02 Å². The number of hydrogen-bond acceptors (Lipinski definition) is 4. The second-order valence-electron chi connectivity index (χ2n) is 5.70. The fraction of sp³-hybridized carbons (Fsp3) is 0.211. The summed E-state index contributed by atoms with van der Waals surface area (Å²) in [6.07, 6.45) is 0. The third-order valence-electron chi connectivity index (χ3n) is 3.61. The van der Waals surface area contributed by atoms with Crippen LogP contribution in [0.3, 0.4) is 0 Å². The van der Waals surface area contributed by atoms with Crippen molar-refractivity contribution in [1.29, 1.82) is 0 Å². The van der Waals surface area contributed by atoms with Gasteiger partial charge in [0.2, 0.25) is 11.7 Å². The van der Waals surface area contributed by atoms with Crippen LogP contribution in [0.4, 0.5) is 4.39 Å². The molecule has 148 valence electrons. The Kier molecular flexibility index (Phi) is 8.65. The van der Waals surface area contributed by atoms with Crippen LogP contribution >= 0.6 is 35.6 Å². The van der Waals surface area contributed by atoms with Gasteiger partial charge in [0.25, 0.3) is 0 Å². The molecule has 1 aromatic heterocycles. The zero-order chi connectivity index (χ0) is 19.1. The SMILES string of the molecule is CCNC(=NCc1cccc(F)c1)NCc1nc(-c2cccc(Cl)c2)no1.I. The highest BCUT2D eigenvalue weighted by Gasteiger charge is 2.09. The number of aliphatic imine (C=N–C) groups is 1. The molecular formula is C19H20ClFIN5O. The Morgan fingerprint density at radius 1 is 1.18 bits per heavy atom. The lowest BCUT2D eigenvalue weighted by Crippen LogP contribution is -2.36. The van der Waals surface area contributed by atoms with E-state index in [2.05, 4.69) is 25.8 Å². The van der Waals surface area contributed by atoms with E-state index in [1.165, 1.54) is 12.1 Å². The maximum Gasteiger partial charge on any atom is 0.246 e. The number of aromatic nitrogens is 2. The molecule has 3 aromatic rings. The van der Waals surface area contributed by atoms with E-state index in [1.54, 1.807) is 18.2 Å². The van der Waals surface area contributed by atoms with E-state index < -0.39 is 0 Å². The van der Waals surface area contributed by atoms with Crippen LogP contribution in [-0.4, -0.2) is 22.6 Å². The van der Waals surface area contributed by atoms with Crippen molar-refractivity contribution in [3.05, 3.63) is 70.8 Å². The number of guanidine groups is 1. The van der Waals surface area contributed by atoms with Gasteiger partial charge in [-0.05, 0) is 36.8 Å². The Labute approximate surface area is 184 Å². The standard InChI is InChI=1S/C19H19ClFN5O.HI/c1-2-22-19(23-11-13-5-3-8-16(21)9-13)24-12-17-25-18(26-27-17)14-6-4-7-15(20)10-14;/h3-10H,2,11-12H2,1H3,(H2,22,23,24);1H. The normalized spacial score (nSPS) is 11.0. The van der Waals surface area contributed by atoms with Crippen LogP contribution in [0.25, 0.3) is 11.4 Å². The molecule has 2 N–H and O–H groups in total. The first kappa shape index (κ1) is 22.1. The van der Waals surface area contributed by atoms with Crippen LogP contribution in [0.15, 0.2) is 58.0 Å². The first-order chi connectivity index (χ1) is 13.1. The first-order valence-corrected chi connectivity index (χ1v) is 8.87. The Hall–Kier alpha value is -2.20. The van der Waals surface area contributed by atoms with Crippen molar-refractivity contribution in [2.75, 3.05) is 6.54 Å². The predicted octanol–water partition coefficient (Wildman–Crippen LogP) is 4.40. The maximum absolute atomic E-state index is 13.3. The summed E-state index contributed by atoms with van der Waals surface area (Å²) in [5, 5.41) is 10.8. The molecule has 0 fully saturated rings. The summed E-state index contributed by atoms with van der Waals surface area (Å²) < 4.78 is 18.5. The Morgan fingerprint density at radius 2 is 2.00 bits per heavy atom. The van der Waals surface area contributed by atoms with Gasteiger partial charge < -0.3 is 15.2 Å². The second-order valence-corrected chi connectivity index (χ2v) is 6.14. The van der Waals surface area contributed by atoms with Crippen LogP contribution < -0.4 is 10.6 Å². The summed E-state index contributed by atoms with van der Waals surface area (Å²) in [7, 11) is 0. The molecule has 9 heteroatoms. The Bertz CT molecular complexity index is 934. The minimum atomic E-state index is -0.278. The van der Waals surface area contributed by atoms with Gasteiger partial charge in [0, 0.05) is 17.1 Å². The van der Waals surface area contributed by atoms with E-state index >= 15 is 0 Å². The number of rotatable bonds is 6. The lowest BCUT2D eigenvalue weighted by Gasteiger charge is -2.09. The van der Waals surface area contributed by atoms with Crippen molar-refractivity contribution < 1.29 is 8.91 Å². The smallest absolute Gasteiger partial charge is 0.246 e. The van der Waals surface area contributed by atoms with Gasteiger partial charge in [-0.3, -0.25) is 0 Å². The first-order valence-electron chi connectivity index (χ1n) is 8.49. The third-order valence-corrected chi connectivity index (χ3v) is 3.85. The molecular weight excluding hydrogens is 496 g/mol. The monoisotopic (exact) mass is 515 g/mol. The average molecular weight is 516 g/mol. The minimum absolute atomic E-state index is 0. The summed E-state index contributed by atoms with van der Waals surface area (Å²) in [6.45, 7) is 3.31. The molecule has 0 radical (unpaired) electrons. The molecule has 0 atom stereocenters. The van der Waals surface area contributed by atoms with Crippen LogP contribution in [-0.2, 0) is 13.1 Å². The van der Waals surface area contributed by atoms with Crippen molar-refractivity contribution in [3.63, 3.8) is 0 Å². The van der Waals surface area contributed by atoms with Gasteiger partial charge in [-0.25, -0.2) is 9.38 Å². The fourth-order valence-corrected chi connectivity index (χ4v) is 2.57. The molecule has 2 aromatic carbocycles. The molecule has 0 bridgehead atoms. The molecule has 6 nitrogen and oxygen atoms in total. The molecule has 0 aliphatic rings. The number of hydrogen-bond donors (Lipinski definition) is 2. The maximum atomic E-state index is 13.3. The molecule has 0 amide bonds. The molecule has 0 saturated carbocycles. The molecule has 3 rings (SSSR count). The predicted molar refractivity (Wildman–Crippen MR) is 118 cm³/mol. The highest BCUT2D eigenvalue weighted by atomic mass is 127. The Morgan fingerprint density at radius 3 is 2.75 bits per heavy atom. The van der Waals surface area contributed by atoms with Gasteiger partial charge in [0.05, 0.1) is 13.1 Å². The van der Waals surface area contributed by atoms with Crippen LogP contribution in [0, 0.1) is 5.82 Å². The number of nitrogens with zero attached hydrogens (tertiary/aromatic N) is 3. The van der Waals surface area contributed by atoms with Gasteiger partial charge in [0.1, 0.15) is 5.82 Å². The van der Waals surface area contributed by atoms with Gasteiger partial charge in [-0.15, -0.1) is 24.0 Å². The third kappa shape index (κ3) is 6.45. The number of halogens is 3. The summed E-state index contributed by atoms with van der Waals surface area (Å²) in [5.74, 6) is 1.18. The van der Waals surface area contributed by atoms with Crippen molar-refractivity contribution in [3.8, 4) is 11.4 Å². The van der Waals surface area contributed by atoms with Crippen molar-refractivity contribution in [1.82, 2.24) is 20.8 Å². The molecule has 0 spiro atoms. The van der Waals surface area contributed by atoms with E-state index in [4.69, 9.17) is 16.1 Å².